The van der Waals surface area contributed by atoms with Crippen LogP contribution in [0.3, 0.4) is 0 Å². The van der Waals surface area contributed by atoms with E-state index in [1.54, 1.807) is 0 Å². The van der Waals surface area contributed by atoms with Crippen molar-refractivity contribution in [2.45, 2.75) is 46.3 Å². The van der Waals surface area contributed by atoms with E-state index in [4.69, 9.17) is 4.74 Å². The van der Waals surface area contributed by atoms with E-state index < -0.39 is 0 Å². The number of hydrogen-bond acceptors (Lipinski definition) is 4. The summed E-state index contributed by atoms with van der Waals surface area (Å²) in [5.41, 5.74) is 2.47. The molecular weight excluding hydrogens is 252 g/mol. The first kappa shape index (κ1) is 15.3. The van der Waals surface area contributed by atoms with Gasteiger partial charge in [0.1, 0.15) is 5.82 Å². The molecule has 0 spiro atoms. The van der Waals surface area contributed by atoms with Gasteiger partial charge in [0.05, 0.1) is 11.8 Å². The molecule has 0 saturated carbocycles. The zero-order valence-electron chi connectivity index (χ0n) is 13.3. The van der Waals surface area contributed by atoms with Crippen molar-refractivity contribution in [3.05, 3.63) is 11.3 Å². The summed E-state index contributed by atoms with van der Waals surface area (Å²) in [5.74, 6) is 1.28. The van der Waals surface area contributed by atoms with Crippen LogP contribution in [0.5, 0.6) is 0 Å². The molecule has 1 N–H and O–H groups in total. The van der Waals surface area contributed by atoms with Gasteiger partial charge in [0.25, 0.3) is 0 Å². The summed E-state index contributed by atoms with van der Waals surface area (Å²) in [6.07, 6.45) is 2.65. The second kappa shape index (κ2) is 7.09. The minimum absolute atomic E-state index is 0.433. The number of nitrogens with one attached hydrogen (secondary N) is 1. The minimum Gasteiger partial charge on any atom is -0.378 e. The third kappa shape index (κ3) is 3.33. The maximum atomic E-state index is 5.74. The zero-order chi connectivity index (χ0) is 14.5. The van der Waals surface area contributed by atoms with Crippen LogP contribution in [0.25, 0.3) is 0 Å². The Balaban J connectivity index is 2.08. The van der Waals surface area contributed by atoms with E-state index >= 15 is 0 Å². The SMILES string of the molecule is CCNCc1c(C)nn(C)c1N1CCC(OCC)CC1. The molecule has 2 heterocycles. The van der Waals surface area contributed by atoms with E-state index in [0.717, 1.165) is 51.3 Å². The van der Waals surface area contributed by atoms with Gasteiger partial charge in [0.2, 0.25) is 0 Å². The van der Waals surface area contributed by atoms with Gasteiger partial charge >= 0.3 is 0 Å². The highest BCUT2D eigenvalue weighted by molar-refractivity contribution is 5.50. The molecule has 0 aliphatic carbocycles. The van der Waals surface area contributed by atoms with Crippen molar-refractivity contribution >= 4 is 5.82 Å². The molecule has 1 fully saturated rings. The summed E-state index contributed by atoms with van der Waals surface area (Å²) in [6.45, 7) is 11.1. The van der Waals surface area contributed by atoms with Crippen molar-refractivity contribution in [2.24, 2.45) is 7.05 Å². The van der Waals surface area contributed by atoms with E-state index in [-0.39, 0.29) is 0 Å². The first-order valence-corrected chi connectivity index (χ1v) is 7.77. The van der Waals surface area contributed by atoms with Crippen LogP contribution in [0.15, 0.2) is 0 Å². The molecule has 5 heteroatoms. The van der Waals surface area contributed by atoms with Gasteiger partial charge in [-0.2, -0.15) is 5.10 Å². The molecule has 0 atom stereocenters. The molecule has 2 rings (SSSR count). The van der Waals surface area contributed by atoms with E-state index in [1.807, 2.05) is 11.7 Å². The quantitative estimate of drug-likeness (QED) is 0.863. The zero-order valence-corrected chi connectivity index (χ0v) is 13.3. The molecule has 0 radical (unpaired) electrons. The molecule has 0 bridgehead atoms. The van der Waals surface area contributed by atoms with Gasteiger partial charge in [-0.3, -0.25) is 4.68 Å². The Hall–Kier alpha value is -1.07. The Morgan fingerprint density at radius 3 is 2.60 bits per heavy atom. The van der Waals surface area contributed by atoms with E-state index in [9.17, 15) is 0 Å². The number of rotatable bonds is 6. The summed E-state index contributed by atoms with van der Waals surface area (Å²) < 4.78 is 7.77. The van der Waals surface area contributed by atoms with Crippen molar-refractivity contribution in [2.75, 3.05) is 31.1 Å². The molecule has 0 aromatic carbocycles. The predicted octanol–water partition coefficient (Wildman–Crippen LogP) is 1.84. The first-order valence-electron chi connectivity index (χ1n) is 7.77. The van der Waals surface area contributed by atoms with Crippen molar-refractivity contribution in [3.8, 4) is 0 Å². The lowest BCUT2D eigenvalue weighted by atomic mass is 10.1. The van der Waals surface area contributed by atoms with Crippen molar-refractivity contribution in [1.29, 1.82) is 0 Å². The first-order chi connectivity index (χ1) is 9.67. The number of aryl methyl sites for hydroxylation is 2. The number of nitrogens with zero attached hydrogens (tertiary/aromatic N) is 3. The molecule has 0 unspecified atom stereocenters. The number of anilines is 1. The summed E-state index contributed by atoms with van der Waals surface area (Å²) in [4.78, 5) is 2.46. The Morgan fingerprint density at radius 1 is 1.30 bits per heavy atom. The molecule has 1 aromatic rings. The maximum absolute atomic E-state index is 5.74. The maximum Gasteiger partial charge on any atom is 0.131 e. The molecular formula is C15H28N4O. The van der Waals surface area contributed by atoms with Crippen LogP contribution in [0, 0.1) is 6.92 Å². The molecule has 1 aliphatic heterocycles. The summed E-state index contributed by atoms with van der Waals surface area (Å²) in [5, 5.41) is 8.02. The third-order valence-electron chi connectivity index (χ3n) is 4.01. The molecule has 1 aromatic heterocycles. The minimum atomic E-state index is 0.433. The van der Waals surface area contributed by atoms with Gasteiger partial charge < -0.3 is 15.0 Å². The normalized spacial score (nSPS) is 16.9. The second-order valence-corrected chi connectivity index (χ2v) is 5.43. The highest BCUT2D eigenvalue weighted by atomic mass is 16.5. The van der Waals surface area contributed by atoms with E-state index in [0.29, 0.717) is 6.10 Å². The molecule has 1 aliphatic rings. The average molecular weight is 280 g/mol. The van der Waals surface area contributed by atoms with Crippen LogP contribution < -0.4 is 10.2 Å². The largest absolute Gasteiger partial charge is 0.378 e. The average Bonchev–Trinajstić information content (AvgIpc) is 2.72. The fourth-order valence-corrected chi connectivity index (χ4v) is 3.01. The van der Waals surface area contributed by atoms with Crippen LogP contribution in [-0.4, -0.2) is 42.1 Å². The monoisotopic (exact) mass is 280 g/mol. The van der Waals surface area contributed by atoms with Crippen LogP contribution in [0.4, 0.5) is 5.82 Å². The van der Waals surface area contributed by atoms with Gasteiger partial charge in [0.15, 0.2) is 0 Å². The standard InChI is InChI=1S/C15H28N4O/c1-5-16-11-14-12(3)17-18(4)15(14)19-9-7-13(8-10-19)20-6-2/h13,16H,5-11H2,1-4H3. The van der Waals surface area contributed by atoms with Gasteiger partial charge in [-0.25, -0.2) is 0 Å². The lowest BCUT2D eigenvalue weighted by molar-refractivity contribution is 0.0457. The topological polar surface area (TPSA) is 42.3 Å². The number of hydrogen-bond donors (Lipinski definition) is 1. The highest BCUT2D eigenvalue weighted by Gasteiger charge is 2.24. The van der Waals surface area contributed by atoms with Crippen LogP contribution >= 0.6 is 0 Å². The Bertz CT molecular complexity index is 422. The Kier molecular flexibility index (Phi) is 5.43. The van der Waals surface area contributed by atoms with Gasteiger partial charge in [0, 0.05) is 38.9 Å². The fraction of sp³-hybridized carbons (Fsp3) is 0.800. The molecule has 114 valence electrons. The molecule has 5 nitrogen and oxygen atoms in total. The highest BCUT2D eigenvalue weighted by Crippen LogP contribution is 2.26. The fourth-order valence-electron chi connectivity index (χ4n) is 3.01. The molecule has 20 heavy (non-hydrogen) atoms. The number of piperidine rings is 1. The number of aromatic nitrogens is 2. The molecule has 0 amide bonds. The van der Waals surface area contributed by atoms with Crippen molar-refractivity contribution < 1.29 is 4.74 Å². The van der Waals surface area contributed by atoms with E-state index in [2.05, 4.69) is 36.1 Å². The summed E-state index contributed by atoms with van der Waals surface area (Å²) >= 11 is 0. The second-order valence-electron chi connectivity index (χ2n) is 5.43. The Labute approximate surface area is 122 Å². The van der Waals surface area contributed by atoms with Gasteiger partial charge in [-0.05, 0) is 33.2 Å². The predicted molar refractivity (Wildman–Crippen MR) is 82.2 cm³/mol. The van der Waals surface area contributed by atoms with Crippen LogP contribution in [-0.2, 0) is 18.3 Å². The summed E-state index contributed by atoms with van der Waals surface area (Å²) in [7, 11) is 2.05. The lowest BCUT2D eigenvalue weighted by Crippen LogP contribution is -2.38. The Morgan fingerprint density at radius 2 is 2.00 bits per heavy atom. The third-order valence-corrected chi connectivity index (χ3v) is 4.01. The van der Waals surface area contributed by atoms with Crippen LogP contribution in [0.1, 0.15) is 37.9 Å². The van der Waals surface area contributed by atoms with E-state index in [1.165, 1.54) is 11.4 Å². The smallest absolute Gasteiger partial charge is 0.131 e. The molecule has 1 saturated heterocycles. The van der Waals surface area contributed by atoms with Gasteiger partial charge in [-0.1, -0.05) is 6.92 Å². The summed E-state index contributed by atoms with van der Waals surface area (Å²) in [6, 6.07) is 0. The van der Waals surface area contributed by atoms with Crippen molar-refractivity contribution in [1.82, 2.24) is 15.1 Å². The number of ether oxygens (including phenoxy) is 1. The van der Waals surface area contributed by atoms with Gasteiger partial charge in [-0.15, -0.1) is 0 Å². The lowest BCUT2D eigenvalue weighted by Gasteiger charge is -2.33. The van der Waals surface area contributed by atoms with Crippen molar-refractivity contribution in [3.63, 3.8) is 0 Å². The van der Waals surface area contributed by atoms with Crippen LogP contribution in [0.2, 0.25) is 0 Å².